The zero-order valence-corrected chi connectivity index (χ0v) is 15.2. The van der Waals surface area contributed by atoms with Gasteiger partial charge in [-0.15, -0.1) is 23.7 Å². The Labute approximate surface area is 146 Å². The molecule has 1 aromatic heterocycles. The van der Waals surface area contributed by atoms with Crippen molar-refractivity contribution in [1.29, 1.82) is 0 Å². The van der Waals surface area contributed by atoms with Crippen LogP contribution < -0.4 is 5.32 Å². The van der Waals surface area contributed by atoms with Crippen molar-refractivity contribution in [3.8, 4) is 0 Å². The molecule has 1 aromatic carbocycles. The highest BCUT2D eigenvalue weighted by molar-refractivity contribution is 7.89. The van der Waals surface area contributed by atoms with Gasteiger partial charge in [0.15, 0.2) is 9.84 Å². The maximum atomic E-state index is 12.8. The van der Waals surface area contributed by atoms with Crippen LogP contribution in [0, 0.1) is 0 Å². The van der Waals surface area contributed by atoms with Gasteiger partial charge in [-0.05, 0) is 17.0 Å². The Kier molecular flexibility index (Phi) is 5.67. The molecule has 0 atom stereocenters. The Balaban J connectivity index is 0.00000192. The number of rotatable bonds is 3. The second-order valence-corrected chi connectivity index (χ2v) is 8.71. The molecule has 5 nitrogen and oxygen atoms in total. The van der Waals surface area contributed by atoms with Crippen LogP contribution in [0.5, 0.6) is 0 Å². The molecule has 0 spiro atoms. The van der Waals surface area contributed by atoms with Gasteiger partial charge in [0.1, 0.15) is 0 Å². The number of sulfone groups is 1. The monoisotopic (exact) mass is 374 g/mol. The lowest BCUT2D eigenvalue weighted by atomic mass is 10.1. The number of hydrogen-bond donors (Lipinski definition) is 1. The van der Waals surface area contributed by atoms with E-state index in [1.165, 1.54) is 17.6 Å². The average molecular weight is 375 g/mol. The molecule has 23 heavy (non-hydrogen) atoms. The van der Waals surface area contributed by atoms with Gasteiger partial charge in [-0.25, -0.2) is 8.42 Å². The summed E-state index contributed by atoms with van der Waals surface area (Å²) >= 11 is 1.39. The lowest BCUT2D eigenvalue weighted by Gasteiger charge is -2.27. The molecule has 1 saturated heterocycles. The highest BCUT2D eigenvalue weighted by Crippen LogP contribution is 2.33. The summed E-state index contributed by atoms with van der Waals surface area (Å²) < 4.78 is 24.5. The second kappa shape index (κ2) is 7.17. The van der Waals surface area contributed by atoms with Crippen LogP contribution in [-0.4, -0.2) is 51.7 Å². The molecule has 1 N–H and O–H groups in total. The van der Waals surface area contributed by atoms with Crippen LogP contribution >= 0.6 is 23.7 Å². The number of nitrogens with zero attached hydrogens (tertiary/aromatic N) is 1. The van der Waals surface area contributed by atoms with E-state index < -0.39 is 9.84 Å². The van der Waals surface area contributed by atoms with E-state index in [4.69, 9.17) is 0 Å². The number of amides is 1. The molecule has 1 aliphatic rings. The largest absolute Gasteiger partial charge is 0.335 e. The van der Waals surface area contributed by atoms with Crippen molar-refractivity contribution >= 4 is 49.6 Å². The standard InChI is InChI=1S/C15H18N2O3S2.ClH/c1-22(19,20)10-12-11-4-2-3-5-13(11)21-14(12)15(18)17-8-6-16-7-9-17;/h2-5,16H,6-10H2,1H3;1H. The van der Waals surface area contributed by atoms with Crippen molar-refractivity contribution in [1.82, 2.24) is 10.2 Å². The molecule has 2 aromatic rings. The lowest BCUT2D eigenvalue weighted by Crippen LogP contribution is -2.46. The molecular formula is C15H19ClN2O3S2. The van der Waals surface area contributed by atoms with Crippen molar-refractivity contribution in [2.24, 2.45) is 0 Å². The van der Waals surface area contributed by atoms with Crippen molar-refractivity contribution in [2.45, 2.75) is 5.75 Å². The molecule has 0 bridgehead atoms. The molecule has 2 heterocycles. The number of halogens is 1. The summed E-state index contributed by atoms with van der Waals surface area (Å²) in [4.78, 5) is 15.2. The van der Waals surface area contributed by atoms with Crippen LogP contribution in [0.25, 0.3) is 10.1 Å². The Morgan fingerprint density at radius 1 is 1.26 bits per heavy atom. The number of piperazine rings is 1. The highest BCUT2D eigenvalue weighted by atomic mass is 35.5. The Hall–Kier alpha value is -1.15. The number of carbonyl (C=O) groups excluding carboxylic acids is 1. The topological polar surface area (TPSA) is 66.5 Å². The smallest absolute Gasteiger partial charge is 0.264 e. The third-order valence-corrected chi connectivity index (χ3v) is 5.72. The van der Waals surface area contributed by atoms with Crippen LogP contribution in [0.15, 0.2) is 24.3 Å². The van der Waals surface area contributed by atoms with E-state index in [1.807, 2.05) is 24.3 Å². The van der Waals surface area contributed by atoms with E-state index in [-0.39, 0.29) is 24.1 Å². The summed E-state index contributed by atoms with van der Waals surface area (Å²) in [5.41, 5.74) is 0.645. The second-order valence-electron chi connectivity index (χ2n) is 5.52. The van der Waals surface area contributed by atoms with Gasteiger partial charge >= 0.3 is 0 Å². The fourth-order valence-electron chi connectivity index (χ4n) is 2.69. The molecule has 3 rings (SSSR count). The zero-order chi connectivity index (χ0) is 15.7. The minimum absolute atomic E-state index is 0. The molecule has 8 heteroatoms. The molecule has 0 aliphatic carbocycles. The summed E-state index contributed by atoms with van der Waals surface area (Å²) in [5.74, 6) is -0.147. The van der Waals surface area contributed by atoms with Crippen LogP contribution in [0.1, 0.15) is 15.2 Å². The van der Waals surface area contributed by atoms with Gasteiger partial charge < -0.3 is 10.2 Å². The summed E-state index contributed by atoms with van der Waals surface area (Å²) in [7, 11) is -3.20. The molecule has 1 aliphatic heterocycles. The fourth-order valence-corrected chi connectivity index (χ4v) is 4.79. The van der Waals surface area contributed by atoms with Gasteiger partial charge in [0.2, 0.25) is 0 Å². The lowest BCUT2D eigenvalue weighted by molar-refractivity contribution is 0.0740. The van der Waals surface area contributed by atoms with Crippen molar-refractivity contribution < 1.29 is 13.2 Å². The average Bonchev–Trinajstić information content (AvgIpc) is 2.84. The fraction of sp³-hybridized carbons (Fsp3) is 0.400. The first-order chi connectivity index (χ1) is 10.5. The summed E-state index contributed by atoms with van der Waals surface area (Å²) in [6.45, 7) is 2.87. The minimum Gasteiger partial charge on any atom is -0.335 e. The first-order valence-corrected chi connectivity index (χ1v) is 10.0. The molecule has 1 fully saturated rings. The van der Waals surface area contributed by atoms with Gasteiger partial charge in [0, 0.05) is 37.1 Å². The van der Waals surface area contributed by atoms with Crippen molar-refractivity contribution in [3.05, 3.63) is 34.7 Å². The zero-order valence-electron chi connectivity index (χ0n) is 12.7. The number of nitrogens with one attached hydrogen (secondary N) is 1. The van der Waals surface area contributed by atoms with E-state index in [9.17, 15) is 13.2 Å². The SMILES string of the molecule is CS(=O)(=O)Cc1c(C(=O)N2CCNCC2)sc2ccccc12.Cl. The van der Waals surface area contributed by atoms with Crippen molar-refractivity contribution in [2.75, 3.05) is 32.4 Å². The predicted octanol–water partition coefficient (Wildman–Crippen LogP) is 1.91. The minimum atomic E-state index is -3.20. The normalized spacial score (nSPS) is 15.4. The van der Waals surface area contributed by atoms with E-state index in [1.54, 1.807) is 4.90 Å². The summed E-state index contributed by atoms with van der Waals surface area (Å²) in [6.07, 6.45) is 1.21. The molecule has 126 valence electrons. The Morgan fingerprint density at radius 2 is 1.91 bits per heavy atom. The van der Waals surface area contributed by atoms with Crippen LogP contribution in [0.3, 0.4) is 0 Å². The van der Waals surface area contributed by atoms with Gasteiger partial charge in [-0.1, -0.05) is 18.2 Å². The Bertz CT molecular complexity index is 811. The number of carbonyl (C=O) groups is 1. The molecule has 0 unspecified atom stereocenters. The third-order valence-electron chi connectivity index (χ3n) is 3.70. The number of hydrogen-bond acceptors (Lipinski definition) is 5. The first-order valence-electron chi connectivity index (χ1n) is 7.14. The quantitative estimate of drug-likeness (QED) is 0.891. The van der Waals surface area contributed by atoms with E-state index in [0.29, 0.717) is 23.5 Å². The first kappa shape index (κ1) is 18.2. The maximum absolute atomic E-state index is 12.8. The van der Waals surface area contributed by atoms with E-state index >= 15 is 0 Å². The van der Waals surface area contributed by atoms with Crippen LogP contribution in [-0.2, 0) is 15.6 Å². The summed E-state index contributed by atoms with van der Waals surface area (Å²) in [6, 6.07) is 7.60. The van der Waals surface area contributed by atoms with Gasteiger partial charge in [-0.3, -0.25) is 4.79 Å². The molecule has 0 saturated carbocycles. The van der Waals surface area contributed by atoms with Crippen molar-refractivity contribution in [3.63, 3.8) is 0 Å². The Morgan fingerprint density at radius 3 is 2.57 bits per heavy atom. The molecule has 0 radical (unpaired) electrons. The molecule has 1 amide bonds. The van der Waals surface area contributed by atoms with Crippen LogP contribution in [0.2, 0.25) is 0 Å². The van der Waals surface area contributed by atoms with E-state index in [0.717, 1.165) is 23.2 Å². The number of benzene rings is 1. The third kappa shape index (κ3) is 4.03. The van der Waals surface area contributed by atoms with Gasteiger partial charge in [0.05, 0.1) is 10.6 Å². The maximum Gasteiger partial charge on any atom is 0.264 e. The number of fused-ring (bicyclic) bond motifs is 1. The van der Waals surface area contributed by atoms with Gasteiger partial charge in [0.25, 0.3) is 5.91 Å². The van der Waals surface area contributed by atoms with Gasteiger partial charge in [-0.2, -0.15) is 0 Å². The van der Waals surface area contributed by atoms with E-state index in [2.05, 4.69) is 5.32 Å². The molecular weight excluding hydrogens is 356 g/mol. The number of thiophene rings is 1. The van der Waals surface area contributed by atoms with Crippen LogP contribution in [0.4, 0.5) is 0 Å². The highest BCUT2D eigenvalue weighted by Gasteiger charge is 2.25. The summed E-state index contributed by atoms with van der Waals surface area (Å²) in [5, 5.41) is 4.09. The predicted molar refractivity (Wildman–Crippen MR) is 96.4 cm³/mol.